The smallest absolute Gasteiger partial charge is 0.181 e. The van der Waals surface area contributed by atoms with Crippen LogP contribution in [0.1, 0.15) is 0 Å². The Morgan fingerprint density at radius 2 is 1.62 bits per heavy atom. The van der Waals surface area contributed by atoms with Gasteiger partial charge in [0, 0.05) is 9.82 Å². The third-order valence-corrected chi connectivity index (χ3v) is 1.48. The van der Waals surface area contributed by atoms with Gasteiger partial charge in [0.25, 0.3) is 0 Å². The Bertz CT molecular complexity index is 287. The second-order valence-electron chi connectivity index (χ2n) is 2.77. The molecule has 90 valence electrons. The lowest BCUT2D eigenvalue weighted by molar-refractivity contribution is -0.170. The molecule has 10 heteroatoms. The summed E-state index contributed by atoms with van der Waals surface area (Å²) in [5.74, 6) is 0. The predicted molar refractivity (Wildman–Crippen MR) is 52.0 cm³/mol. The molecule has 0 saturated carbocycles. The molecule has 0 aliphatic rings. The molecule has 10 nitrogen and oxygen atoms in total. The summed E-state index contributed by atoms with van der Waals surface area (Å²) in [6, 6.07) is 0. The van der Waals surface area contributed by atoms with E-state index < -0.39 is 18.5 Å². The van der Waals surface area contributed by atoms with E-state index in [2.05, 4.69) is 24.8 Å². The van der Waals surface area contributed by atoms with Crippen molar-refractivity contribution in [2.45, 2.75) is 18.5 Å². The van der Waals surface area contributed by atoms with E-state index in [0.29, 0.717) is 0 Å². The minimum Gasteiger partial charge on any atom is -0.391 e. The van der Waals surface area contributed by atoms with Crippen molar-refractivity contribution in [2.24, 2.45) is 10.2 Å². The van der Waals surface area contributed by atoms with E-state index in [4.69, 9.17) is 26.4 Å². The van der Waals surface area contributed by atoms with Crippen LogP contribution in [0, 0.1) is 0 Å². The molecule has 0 saturated heterocycles. The minimum absolute atomic E-state index is 0.199. The molecular weight excluding hydrogens is 220 g/mol. The second kappa shape index (κ2) is 8.74. The molecule has 3 N–H and O–H groups in total. The quantitative estimate of drug-likeness (QED) is 0.225. The Kier molecular flexibility index (Phi) is 7.90. The fraction of sp³-hybridized carbons (Fsp3) is 1.00. The van der Waals surface area contributed by atoms with Crippen LogP contribution < -0.4 is 0 Å². The molecule has 3 unspecified atom stereocenters. The van der Waals surface area contributed by atoms with Crippen LogP contribution >= 0.6 is 0 Å². The molecule has 3 atom stereocenters. The molecule has 0 fully saturated rings. The van der Waals surface area contributed by atoms with Gasteiger partial charge in [-0.1, -0.05) is 10.2 Å². The fourth-order valence-corrected chi connectivity index (χ4v) is 0.715. The highest BCUT2D eigenvalue weighted by Gasteiger charge is 2.17. The van der Waals surface area contributed by atoms with Crippen LogP contribution in [0.25, 0.3) is 20.9 Å². The van der Waals surface area contributed by atoms with Crippen molar-refractivity contribution in [3.8, 4) is 0 Å². The standard InChI is InChI=1S/C6H12N6O4/c7-11-9-1-4(13)3-16-6(15)5(14)2-10-12-8/h4-6,13-15H,1-3H2. The number of hydrogen-bond acceptors (Lipinski definition) is 6. The molecule has 0 radical (unpaired) electrons. The maximum Gasteiger partial charge on any atom is 0.181 e. The summed E-state index contributed by atoms with van der Waals surface area (Å²) in [6.07, 6.45) is -4.02. The summed E-state index contributed by atoms with van der Waals surface area (Å²) in [4.78, 5) is 4.81. The largest absolute Gasteiger partial charge is 0.391 e. The molecule has 0 amide bonds. The summed E-state index contributed by atoms with van der Waals surface area (Å²) in [5.41, 5.74) is 15.9. The normalized spacial score (nSPS) is 15.4. The van der Waals surface area contributed by atoms with E-state index in [9.17, 15) is 0 Å². The Morgan fingerprint density at radius 3 is 2.19 bits per heavy atom. The summed E-state index contributed by atoms with van der Waals surface area (Å²) >= 11 is 0. The van der Waals surface area contributed by atoms with E-state index >= 15 is 0 Å². The molecule has 0 aliphatic carbocycles. The highest BCUT2D eigenvalue weighted by atomic mass is 16.6. The summed E-state index contributed by atoms with van der Waals surface area (Å²) < 4.78 is 4.65. The predicted octanol–water partition coefficient (Wildman–Crippen LogP) is -0.336. The van der Waals surface area contributed by atoms with Crippen molar-refractivity contribution < 1.29 is 20.1 Å². The highest BCUT2D eigenvalue weighted by molar-refractivity contribution is 4.64. The monoisotopic (exact) mass is 232 g/mol. The first-order chi connectivity index (χ1) is 7.61. The van der Waals surface area contributed by atoms with Crippen LogP contribution in [-0.2, 0) is 4.74 Å². The third kappa shape index (κ3) is 6.85. The van der Waals surface area contributed by atoms with Gasteiger partial charge in [-0.05, 0) is 11.1 Å². The van der Waals surface area contributed by atoms with Gasteiger partial charge in [0.2, 0.25) is 0 Å². The molecule has 16 heavy (non-hydrogen) atoms. The summed E-state index contributed by atoms with van der Waals surface area (Å²) in [6.45, 7) is -0.854. The zero-order valence-corrected chi connectivity index (χ0v) is 8.29. The van der Waals surface area contributed by atoms with Crippen LogP contribution in [-0.4, -0.2) is 53.5 Å². The number of azide groups is 2. The number of rotatable bonds is 8. The lowest BCUT2D eigenvalue weighted by atomic mass is 10.3. The number of ether oxygens (including phenoxy) is 1. The van der Waals surface area contributed by atoms with Gasteiger partial charge in [-0.3, -0.25) is 0 Å². The third-order valence-electron chi connectivity index (χ3n) is 1.48. The van der Waals surface area contributed by atoms with Crippen LogP contribution in [0.2, 0.25) is 0 Å². The van der Waals surface area contributed by atoms with Crippen LogP contribution in [0.5, 0.6) is 0 Å². The van der Waals surface area contributed by atoms with Crippen molar-refractivity contribution >= 4 is 0 Å². The number of nitrogens with zero attached hydrogens (tertiary/aromatic N) is 6. The maximum atomic E-state index is 9.15. The van der Waals surface area contributed by atoms with Crippen molar-refractivity contribution in [1.82, 2.24) is 0 Å². The van der Waals surface area contributed by atoms with Gasteiger partial charge in [-0.25, -0.2) is 0 Å². The van der Waals surface area contributed by atoms with Gasteiger partial charge < -0.3 is 20.1 Å². The van der Waals surface area contributed by atoms with Gasteiger partial charge in [-0.2, -0.15) is 0 Å². The molecule has 0 aromatic rings. The first kappa shape index (κ1) is 14.5. The van der Waals surface area contributed by atoms with Gasteiger partial charge in [-0.15, -0.1) is 0 Å². The summed E-state index contributed by atoms with van der Waals surface area (Å²) in [5, 5.41) is 33.5. The first-order valence-electron chi connectivity index (χ1n) is 4.29. The van der Waals surface area contributed by atoms with Gasteiger partial charge >= 0.3 is 0 Å². The Labute approximate surface area is 90.3 Å². The highest BCUT2D eigenvalue weighted by Crippen LogP contribution is 1.99. The zero-order valence-electron chi connectivity index (χ0n) is 8.29. The van der Waals surface area contributed by atoms with E-state index in [1.807, 2.05) is 0 Å². The van der Waals surface area contributed by atoms with E-state index in [-0.39, 0.29) is 19.7 Å². The maximum absolute atomic E-state index is 9.15. The van der Waals surface area contributed by atoms with Crippen molar-refractivity contribution in [3.05, 3.63) is 20.9 Å². The average molecular weight is 232 g/mol. The SMILES string of the molecule is [N-]=[N+]=NCC(O)COC(O)C(O)CN=[N+]=[N-]. The van der Waals surface area contributed by atoms with Gasteiger partial charge in [0.1, 0.15) is 6.10 Å². The molecule has 0 spiro atoms. The molecule has 0 aromatic carbocycles. The lowest BCUT2D eigenvalue weighted by Crippen LogP contribution is -2.34. The minimum atomic E-state index is -1.58. The Balaban J connectivity index is 3.81. The van der Waals surface area contributed by atoms with Crippen molar-refractivity contribution in [1.29, 1.82) is 0 Å². The number of aliphatic hydroxyl groups is 3. The Morgan fingerprint density at radius 1 is 1.06 bits per heavy atom. The molecule has 0 aromatic heterocycles. The van der Waals surface area contributed by atoms with Crippen LogP contribution in [0.15, 0.2) is 10.2 Å². The van der Waals surface area contributed by atoms with Gasteiger partial charge in [0.15, 0.2) is 6.29 Å². The lowest BCUT2D eigenvalue weighted by Gasteiger charge is -2.17. The summed E-state index contributed by atoms with van der Waals surface area (Å²) in [7, 11) is 0. The van der Waals surface area contributed by atoms with E-state index in [1.165, 1.54) is 0 Å². The molecule has 0 heterocycles. The van der Waals surface area contributed by atoms with E-state index in [1.54, 1.807) is 0 Å². The van der Waals surface area contributed by atoms with Crippen LogP contribution in [0.3, 0.4) is 0 Å². The average Bonchev–Trinajstić information content (AvgIpc) is 2.30. The van der Waals surface area contributed by atoms with Crippen LogP contribution in [0.4, 0.5) is 0 Å². The second-order valence-corrected chi connectivity index (χ2v) is 2.77. The number of hydrogen-bond donors (Lipinski definition) is 3. The Hall–Kier alpha value is -1.54. The van der Waals surface area contributed by atoms with E-state index in [0.717, 1.165) is 0 Å². The fourth-order valence-electron chi connectivity index (χ4n) is 0.715. The van der Waals surface area contributed by atoms with Crippen molar-refractivity contribution in [2.75, 3.05) is 19.7 Å². The molecule has 0 bridgehead atoms. The molecule has 0 aliphatic heterocycles. The molecular formula is C6H12N6O4. The first-order valence-corrected chi connectivity index (χ1v) is 4.29. The number of aliphatic hydroxyl groups excluding tert-OH is 3. The van der Waals surface area contributed by atoms with Gasteiger partial charge in [0.05, 0.1) is 25.8 Å². The zero-order chi connectivity index (χ0) is 12.4. The molecule has 0 rings (SSSR count). The topological polar surface area (TPSA) is 167 Å². The van der Waals surface area contributed by atoms with Crippen molar-refractivity contribution in [3.63, 3.8) is 0 Å².